The van der Waals surface area contributed by atoms with E-state index in [4.69, 9.17) is 0 Å². The molecule has 3 rings (SSSR count). The van der Waals surface area contributed by atoms with Crippen LogP contribution in [0, 0.1) is 5.92 Å². The van der Waals surface area contributed by atoms with Crippen LogP contribution in [0.15, 0.2) is 4.99 Å². The van der Waals surface area contributed by atoms with Gasteiger partial charge in [0.05, 0.1) is 11.5 Å². The largest absolute Gasteiger partial charge is 0.354 e. The van der Waals surface area contributed by atoms with E-state index in [1.165, 1.54) is 38.5 Å². The van der Waals surface area contributed by atoms with Crippen molar-refractivity contribution in [1.29, 1.82) is 0 Å². The number of aliphatic imine (C=N–C) groups is 1. The molecular formula is C14H26IN3O2S. The lowest BCUT2D eigenvalue weighted by molar-refractivity contribution is 0.580. The maximum Gasteiger partial charge on any atom is 0.191 e. The SMILES string of the molecule is I.O=S1(=O)CCC(CN=C(NC2CCCC2)NC2CC2)C1. The normalized spacial score (nSPS) is 29.1. The minimum Gasteiger partial charge on any atom is -0.354 e. The second-order valence-electron chi connectivity index (χ2n) is 6.50. The van der Waals surface area contributed by atoms with Crippen LogP contribution in [0.2, 0.25) is 0 Å². The summed E-state index contributed by atoms with van der Waals surface area (Å²) in [6.45, 7) is 0.633. The lowest BCUT2D eigenvalue weighted by Gasteiger charge is -2.17. The Morgan fingerprint density at radius 2 is 1.62 bits per heavy atom. The summed E-state index contributed by atoms with van der Waals surface area (Å²) >= 11 is 0. The number of sulfone groups is 1. The Labute approximate surface area is 144 Å². The molecule has 7 heteroatoms. The predicted molar refractivity (Wildman–Crippen MR) is 96.0 cm³/mol. The van der Waals surface area contributed by atoms with E-state index >= 15 is 0 Å². The van der Waals surface area contributed by atoms with Gasteiger partial charge in [-0.15, -0.1) is 24.0 Å². The molecule has 2 aliphatic carbocycles. The van der Waals surface area contributed by atoms with E-state index in [-0.39, 0.29) is 29.9 Å². The Balaban J connectivity index is 0.00000161. The molecule has 0 radical (unpaired) electrons. The third-order valence-electron chi connectivity index (χ3n) is 4.45. The van der Waals surface area contributed by atoms with Gasteiger partial charge >= 0.3 is 0 Å². The summed E-state index contributed by atoms with van der Waals surface area (Å²) in [5.41, 5.74) is 0. The van der Waals surface area contributed by atoms with E-state index in [0.29, 0.717) is 30.1 Å². The highest BCUT2D eigenvalue weighted by Crippen LogP contribution is 2.21. The van der Waals surface area contributed by atoms with Gasteiger partial charge in [-0.25, -0.2) is 8.42 Å². The van der Waals surface area contributed by atoms with Gasteiger partial charge in [0.25, 0.3) is 0 Å². The zero-order valence-electron chi connectivity index (χ0n) is 12.4. The fourth-order valence-electron chi connectivity index (χ4n) is 3.05. The number of nitrogens with zero attached hydrogens (tertiary/aromatic N) is 1. The van der Waals surface area contributed by atoms with Crippen LogP contribution >= 0.6 is 24.0 Å². The first-order valence-corrected chi connectivity index (χ1v) is 9.71. The van der Waals surface area contributed by atoms with Crippen molar-refractivity contribution < 1.29 is 8.42 Å². The van der Waals surface area contributed by atoms with Crippen LogP contribution in [0.3, 0.4) is 0 Å². The van der Waals surface area contributed by atoms with Gasteiger partial charge in [0, 0.05) is 18.6 Å². The molecule has 0 aromatic heterocycles. The average molecular weight is 427 g/mol. The standard InChI is InChI=1S/C14H25N3O2S.HI/c18-20(19)8-7-11(10-20)9-15-14(17-13-5-6-13)16-12-3-1-2-4-12;/h11-13H,1-10H2,(H2,15,16,17);1H. The Kier molecular flexibility index (Phi) is 6.16. The molecule has 0 aromatic rings. The van der Waals surface area contributed by atoms with Gasteiger partial charge < -0.3 is 10.6 Å². The molecule has 5 nitrogen and oxygen atoms in total. The molecule has 122 valence electrons. The number of guanidine groups is 1. The summed E-state index contributed by atoms with van der Waals surface area (Å²) in [5.74, 6) is 1.77. The van der Waals surface area contributed by atoms with Crippen LogP contribution in [0.1, 0.15) is 44.9 Å². The highest BCUT2D eigenvalue weighted by Gasteiger charge is 2.28. The van der Waals surface area contributed by atoms with Gasteiger partial charge in [-0.1, -0.05) is 12.8 Å². The lowest BCUT2D eigenvalue weighted by atomic mass is 10.1. The molecule has 3 aliphatic rings. The van der Waals surface area contributed by atoms with Crippen molar-refractivity contribution in [3.63, 3.8) is 0 Å². The van der Waals surface area contributed by atoms with Crippen LogP contribution < -0.4 is 10.6 Å². The van der Waals surface area contributed by atoms with Gasteiger partial charge in [0.15, 0.2) is 15.8 Å². The molecule has 1 unspecified atom stereocenters. The fraction of sp³-hybridized carbons (Fsp3) is 0.929. The van der Waals surface area contributed by atoms with E-state index < -0.39 is 9.84 Å². The minimum atomic E-state index is -2.79. The maximum atomic E-state index is 11.5. The number of nitrogens with one attached hydrogen (secondary N) is 2. The smallest absolute Gasteiger partial charge is 0.191 e. The summed E-state index contributed by atoms with van der Waals surface area (Å²) < 4.78 is 22.9. The Morgan fingerprint density at radius 3 is 2.14 bits per heavy atom. The van der Waals surface area contributed by atoms with E-state index in [1.807, 2.05) is 0 Å². The molecule has 0 spiro atoms. The maximum absolute atomic E-state index is 11.5. The molecule has 1 aliphatic heterocycles. The van der Waals surface area contributed by atoms with Gasteiger partial charge in [0.1, 0.15) is 0 Å². The van der Waals surface area contributed by atoms with Crippen molar-refractivity contribution in [3.05, 3.63) is 0 Å². The molecular weight excluding hydrogens is 401 g/mol. The molecule has 2 N–H and O–H groups in total. The van der Waals surface area contributed by atoms with Crippen molar-refractivity contribution in [1.82, 2.24) is 10.6 Å². The lowest BCUT2D eigenvalue weighted by Crippen LogP contribution is -2.43. The second kappa shape index (κ2) is 7.48. The molecule has 1 heterocycles. The topological polar surface area (TPSA) is 70.6 Å². The van der Waals surface area contributed by atoms with E-state index in [0.717, 1.165) is 12.4 Å². The van der Waals surface area contributed by atoms with Crippen LogP contribution in [0.4, 0.5) is 0 Å². The third kappa shape index (κ3) is 5.58. The van der Waals surface area contributed by atoms with Crippen LogP contribution in [-0.2, 0) is 9.84 Å². The highest BCUT2D eigenvalue weighted by atomic mass is 127. The summed E-state index contributed by atoms with van der Waals surface area (Å²) in [6.07, 6.45) is 8.27. The van der Waals surface area contributed by atoms with Crippen LogP contribution in [0.25, 0.3) is 0 Å². The zero-order valence-corrected chi connectivity index (χ0v) is 15.5. The van der Waals surface area contributed by atoms with Crippen molar-refractivity contribution in [2.45, 2.75) is 57.0 Å². The first kappa shape index (κ1) is 17.3. The first-order valence-electron chi connectivity index (χ1n) is 7.89. The molecule has 3 fully saturated rings. The molecule has 21 heavy (non-hydrogen) atoms. The fourth-order valence-corrected chi connectivity index (χ4v) is 4.90. The number of rotatable bonds is 4. The van der Waals surface area contributed by atoms with Crippen molar-refractivity contribution in [2.24, 2.45) is 10.9 Å². The summed E-state index contributed by atoms with van der Waals surface area (Å²) in [5, 5.41) is 6.97. The number of hydrogen-bond donors (Lipinski definition) is 2. The Hall–Kier alpha value is -0.0500. The monoisotopic (exact) mass is 427 g/mol. The van der Waals surface area contributed by atoms with Crippen molar-refractivity contribution in [2.75, 3.05) is 18.1 Å². The summed E-state index contributed by atoms with van der Waals surface area (Å²) in [7, 11) is -2.79. The molecule has 0 aromatic carbocycles. The average Bonchev–Trinajstić information content (AvgIpc) is 2.92. The van der Waals surface area contributed by atoms with Crippen molar-refractivity contribution >= 4 is 39.8 Å². The third-order valence-corrected chi connectivity index (χ3v) is 6.29. The van der Waals surface area contributed by atoms with Crippen LogP contribution in [-0.4, -0.2) is 44.5 Å². The second-order valence-corrected chi connectivity index (χ2v) is 8.73. The summed E-state index contributed by atoms with van der Waals surface area (Å²) in [4.78, 5) is 4.64. The molecule has 1 saturated heterocycles. The quantitative estimate of drug-likeness (QED) is 0.407. The zero-order chi connectivity index (χ0) is 14.0. The van der Waals surface area contributed by atoms with Gasteiger partial charge in [-0.3, -0.25) is 4.99 Å². The van der Waals surface area contributed by atoms with Crippen molar-refractivity contribution in [3.8, 4) is 0 Å². The van der Waals surface area contributed by atoms with Crippen LogP contribution in [0.5, 0.6) is 0 Å². The minimum absolute atomic E-state index is 0. The molecule has 0 bridgehead atoms. The van der Waals surface area contributed by atoms with E-state index in [1.54, 1.807) is 0 Å². The molecule has 0 amide bonds. The van der Waals surface area contributed by atoms with E-state index in [2.05, 4.69) is 15.6 Å². The number of hydrogen-bond acceptors (Lipinski definition) is 3. The van der Waals surface area contributed by atoms with Gasteiger partial charge in [0.2, 0.25) is 0 Å². The Morgan fingerprint density at radius 1 is 1.00 bits per heavy atom. The van der Waals surface area contributed by atoms with Gasteiger partial charge in [-0.2, -0.15) is 0 Å². The van der Waals surface area contributed by atoms with E-state index in [9.17, 15) is 8.42 Å². The summed E-state index contributed by atoms with van der Waals surface area (Å²) in [6, 6.07) is 1.13. The Bertz CT molecular complexity index is 471. The highest BCUT2D eigenvalue weighted by molar-refractivity contribution is 14.0. The molecule has 1 atom stereocenters. The predicted octanol–water partition coefficient (Wildman–Crippen LogP) is 1.68. The number of halogens is 1. The first-order chi connectivity index (χ1) is 9.61. The van der Waals surface area contributed by atoms with Gasteiger partial charge in [-0.05, 0) is 38.0 Å². The molecule has 2 saturated carbocycles.